The van der Waals surface area contributed by atoms with Crippen molar-refractivity contribution in [3.05, 3.63) is 65.4 Å². The third kappa shape index (κ3) is 3.33. The third-order valence-electron chi connectivity index (χ3n) is 3.43. The van der Waals surface area contributed by atoms with E-state index in [9.17, 15) is 9.90 Å². The molecule has 0 bridgehead atoms. The Bertz CT molecular complexity index is 905. The van der Waals surface area contributed by atoms with Crippen LogP contribution in [0.15, 0.2) is 53.1 Å². The Morgan fingerprint density at radius 2 is 2.13 bits per heavy atom. The number of hydrogen-bond acceptors (Lipinski definition) is 5. The lowest BCUT2D eigenvalue weighted by molar-refractivity contribution is -0.144. The molecule has 1 N–H and O–H groups in total. The normalized spacial score (nSPS) is 10.4. The van der Waals surface area contributed by atoms with Crippen LogP contribution in [0, 0.1) is 11.3 Å². The summed E-state index contributed by atoms with van der Waals surface area (Å²) in [7, 11) is 0. The van der Waals surface area contributed by atoms with Crippen molar-refractivity contribution >= 4 is 16.9 Å². The van der Waals surface area contributed by atoms with Crippen molar-refractivity contribution in [3.8, 4) is 11.8 Å². The molecule has 0 amide bonds. The number of esters is 1. The van der Waals surface area contributed by atoms with Crippen LogP contribution in [0.2, 0.25) is 0 Å². The predicted molar refractivity (Wildman–Crippen MR) is 82.5 cm³/mol. The number of fused-ring (bicyclic) bond motifs is 1. The first-order valence-electron chi connectivity index (χ1n) is 6.99. The second-order valence-corrected chi connectivity index (χ2v) is 5.09. The van der Waals surface area contributed by atoms with Gasteiger partial charge < -0.3 is 14.3 Å². The van der Waals surface area contributed by atoms with Crippen LogP contribution >= 0.6 is 0 Å². The van der Waals surface area contributed by atoms with Crippen molar-refractivity contribution in [2.75, 3.05) is 0 Å². The smallest absolute Gasteiger partial charge is 0.310 e. The molecule has 3 rings (SSSR count). The van der Waals surface area contributed by atoms with E-state index in [2.05, 4.69) is 0 Å². The molecule has 0 radical (unpaired) electrons. The molecule has 114 valence electrons. The minimum atomic E-state index is -0.386. The number of aromatic hydroxyl groups is 1. The van der Waals surface area contributed by atoms with Crippen molar-refractivity contribution in [1.29, 1.82) is 5.26 Å². The van der Waals surface area contributed by atoms with E-state index in [1.54, 1.807) is 36.4 Å². The molecule has 0 saturated heterocycles. The molecule has 0 aliphatic heterocycles. The number of ether oxygens (including phenoxy) is 1. The van der Waals surface area contributed by atoms with E-state index in [4.69, 9.17) is 14.4 Å². The lowest BCUT2D eigenvalue weighted by Gasteiger charge is -2.04. The largest absolute Gasteiger partial charge is 0.508 e. The average molecular weight is 307 g/mol. The zero-order chi connectivity index (χ0) is 16.2. The number of carbonyl (C=O) groups is 1. The van der Waals surface area contributed by atoms with Gasteiger partial charge in [-0.15, -0.1) is 0 Å². The van der Waals surface area contributed by atoms with E-state index in [0.717, 1.165) is 10.9 Å². The Morgan fingerprint density at radius 1 is 1.26 bits per heavy atom. The first-order valence-corrected chi connectivity index (χ1v) is 6.99. The summed E-state index contributed by atoms with van der Waals surface area (Å²) in [4.78, 5) is 12.0. The highest BCUT2D eigenvalue weighted by Gasteiger charge is 2.12. The van der Waals surface area contributed by atoms with E-state index >= 15 is 0 Å². The number of phenolic OH excluding ortho intramolecular Hbond substituents is 1. The van der Waals surface area contributed by atoms with Crippen LogP contribution in [0.25, 0.3) is 11.0 Å². The highest BCUT2D eigenvalue weighted by molar-refractivity contribution is 5.86. The van der Waals surface area contributed by atoms with Crippen LogP contribution < -0.4 is 0 Å². The molecule has 5 heteroatoms. The number of benzene rings is 2. The lowest BCUT2D eigenvalue weighted by Crippen LogP contribution is -2.07. The quantitative estimate of drug-likeness (QED) is 0.748. The van der Waals surface area contributed by atoms with Gasteiger partial charge in [-0.05, 0) is 29.8 Å². The van der Waals surface area contributed by atoms with Gasteiger partial charge in [-0.3, -0.25) is 4.79 Å². The molecule has 0 aliphatic carbocycles. The Hall–Kier alpha value is -3.26. The van der Waals surface area contributed by atoms with E-state index in [1.165, 1.54) is 12.3 Å². The molecule has 0 unspecified atom stereocenters. The number of rotatable bonds is 4. The Morgan fingerprint density at radius 3 is 2.96 bits per heavy atom. The second kappa shape index (κ2) is 6.24. The van der Waals surface area contributed by atoms with Gasteiger partial charge >= 0.3 is 5.97 Å². The number of carbonyl (C=O) groups excluding carboxylic acids is 1. The zero-order valence-corrected chi connectivity index (χ0v) is 12.2. The van der Waals surface area contributed by atoms with Gasteiger partial charge in [0.25, 0.3) is 0 Å². The molecular formula is C18H13NO4. The zero-order valence-electron chi connectivity index (χ0n) is 12.2. The van der Waals surface area contributed by atoms with Crippen LogP contribution in [-0.4, -0.2) is 11.1 Å². The number of furan rings is 1. The summed E-state index contributed by atoms with van der Waals surface area (Å²) >= 11 is 0. The predicted octanol–water partition coefficient (Wildman–Crippen LogP) is 3.30. The van der Waals surface area contributed by atoms with Gasteiger partial charge in [-0.1, -0.05) is 12.1 Å². The van der Waals surface area contributed by atoms with E-state index in [-0.39, 0.29) is 24.7 Å². The fourth-order valence-electron chi connectivity index (χ4n) is 2.31. The number of hydrogen-bond donors (Lipinski definition) is 1. The summed E-state index contributed by atoms with van der Waals surface area (Å²) in [5.74, 6) is -0.276. The number of nitriles is 1. The van der Waals surface area contributed by atoms with Gasteiger partial charge in [0, 0.05) is 17.0 Å². The monoisotopic (exact) mass is 307 g/mol. The number of nitrogens with zero attached hydrogens (tertiary/aromatic N) is 1. The Labute approximate surface area is 132 Å². The average Bonchev–Trinajstić information content (AvgIpc) is 2.95. The molecule has 3 aromatic rings. The maximum atomic E-state index is 12.0. The van der Waals surface area contributed by atoms with Crippen molar-refractivity contribution in [2.45, 2.75) is 13.0 Å². The van der Waals surface area contributed by atoms with Crippen molar-refractivity contribution in [2.24, 2.45) is 0 Å². The SMILES string of the molecule is N#Cc1cccc(COC(=O)Cc2coc3cc(O)ccc23)c1. The summed E-state index contributed by atoms with van der Waals surface area (Å²) in [6.45, 7) is 0.116. The minimum absolute atomic E-state index is 0.0791. The van der Waals surface area contributed by atoms with Crippen LogP contribution in [0.5, 0.6) is 5.75 Å². The molecule has 0 fully saturated rings. The van der Waals surface area contributed by atoms with E-state index < -0.39 is 0 Å². The van der Waals surface area contributed by atoms with Gasteiger partial charge in [0.15, 0.2) is 0 Å². The standard InChI is InChI=1S/C18H13NO4/c19-9-12-2-1-3-13(6-12)10-23-18(21)7-14-11-22-17-8-15(20)4-5-16(14)17/h1-6,8,11,20H,7,10H2. The molecular weight excluding hydrogens is 294 g/mol. The molecule has 23 heavy (non-hydrogen) atoms. The van der Waals surface area contributed by atoms with Gasteiger partial charge in [-0.2, -0.15) is 5.26 Å². The van der Waals surface area contributed by atoms with Gasteiger partial charge in [0.2, 0.25) is 0 Å². The van der Waals surface area contributed by atoms with Crippen molar-refractivity contribution < 1.29 is 19.1 Å². The van der Waals surface area contributed by atoms with E-state index in [1.807, 2.05) is 6.07 Å². The molecule has 0 spiro atoms. The van der Waals surface area contributed by atoms with Crippen LogP contribution in [0.1, 0.15) is 16.7 Å². The summed E-state index contributed by atoms with van der Waals surface area (Å²) in [5.41, 5.74) is 2.52. The van der Waals surface area contributed by atoms with Gasteiger partial charge in [0.05, 0.1) is 24.3 Å². The van der Waals surface area contributed by atoms with Crippen molar-refractivity contribution in [1.82, 2.24) is 0 Å². The third-order valence-corrected chi connectivity index (χ3v) is 3.43. The minimum Gasteiger partial charge on any atom is -0.508 e. The van der Waals surface area contributed by atoms with Gasteiger partial charge in [0.1, 0.15) is 17.9 Å². The summed E-state index contributed by atoms with van der Waals surface area (Å²) in [5, 5.41) is 19.0. The molecule has 0 atom stereocenters. The van der Waals surface area contributed by atoms with Gasteiger partial charge in [-0.25, -0.2) is 0 Å². The summed E-state index contributed by atoms with van der Waals surface area (Å²) in [6.07, 6.45) is 1.57. The van der Waals surface area contributed by atoms with Crippen molar-refractivity contribution in [3.63, 3.8) is 0 Å². The van der Waals surface area contributed by atoms with Crippen LogP contribution in [0.4, 0.5) is 0 Å². The second-order valence-electron chi connectivity index (χ2n) is 5.09. The fraction of sp³-hybridized carbons (Fsp3) is 0.111. The van der Waals surface area contributed by atoms with E-state index in [0.29, 0.717) is 16.7 Å². The highest BCUT2D eigenvalue weighted by Crippen LogP contribution is 2.25. The highest BCUT2D eigenvalue weighted by atomic mass is 16.5. The number of phenols is 1. The molecule has 1 heterocycles. The first kappa shape index (κ1) is 14.7. The first-order chi connectivity index (χ1) is 11.2. The summed E-state index contributed by atoms with van der Waals surface area (Å²) < 4.78 is 10.6. The topological polar surface area (TPSA) is 83.5 Å². The maximum Gasteiger partial charge on any atom is 0.310 e. The molecule has 2 aromatic carbocycles. The maximum absolute atomic E-state index is 12.0. The molecule has 0 saturated carbocycles. The van der Waals surface area contributed by atoms with Crippen LogP contribution in [-0.2, 0) is 22.6 Å². The Balaban J connectivity index is 1.65. The van der Waals surface area contributed by atoms with Crippen LogP contribution in [0.3, 0.4) is 0 Å². The lowest BCUT2D eigenvalue weighted by atomic mass is 10.1. The Kier molecular flexibility index (Phi) is 3.98. The molecule has 1 aromatic heterocycles. The molecule has 5 nitrogen and oxygen atoms in total. The fourth-order valence-corrected chi connectivity index (χ4v) is 2.31. The molecule has 0 aliphatic rings. The summed E-state index contributed by atoms with van der Waals surface area (Å²) in [6, 6.07) is 13.7.